The summed E-state index contributed by atoms with van der Waals surface area (Å²) in [7, 11) is -3.75. The van der Waals surface area contributed by atoms with E-state index >= 15 is 0 Å². The lowest BCUT2D eigenvalue weighted by Crippen LogP contribution is -2.14. The summed E-state index contributed by atoms with van der Waals surface area (Å²) in [6.45, 7) is 1.76. The number of benzene rings is 1. The van der Waals surface area contributed by atoms with Gasteiger partial charge in [-0.05, 0) is 53.2 Å². The summed E-state index contributed by atoms with van der Waals surface area (Å²) in [6.07, 6.45) is 0. The van der Waals surface area contributed by atoms with Gasteiger partial charge in [0.1, 0.15) is 5.82 Å². The summed E-state index contributed by atoms with van der Waals surface area (Å²) >= 11 is 3.30. The van der Waals surface area contributed by atoms with E-state index in [0.717, 1.165) is 4.47 Å². The Morgan fingerprint density at radius 2 is 2.05 bits per heavy atom. The number of aromatic nitrogens is 1. The van der Waals surface area contributed by atoms with Crippen molar-refractivity contribution in [2.45, 2.75) is 11.8 Å². The normalized spacial score (nSPS) is 10.8. The fourth-order valence-electron chi connectivity index (χ4n) is 1.53. The molecule has 2 rings (SSSR count). The van der Waals surface area contributed by atoms with Crippen LogP contribution in [0.5, 0.6) is 0 Å². The van der Waals surface area contributed by atoms with E-state index < -0.39 is 10.0 Å². The first kappa shape index (κ1) is 14.5. The van der Waals surface area contributed by atoms with Gasteiger partial charge in [-0.25, -0.2) is 13.4 Å². The van der Waals surface area contributed by atoms with Crippen LogP contribution in [0.4, 0.5) is 5.82 Å². The molecule has 1 N–H and O–H groups in total. The summed E-state index contributed by atoms with van der Waals surface area (Å²) in [5, 5.41) is 8.80. The molecule has 102 valence electrons. The standard InChI is InChI=1S/C13H10BrN3O2S/c1-9-12(14)5-6-13(16-9)17-20(18,19)11-4-2-3-10(7-11)8-15/h2-7H,1H3,(H,16,17). The third-order valence-electron chi connectivity index (χ3n) is 2.53. The molecule has 1 heterocycles. The fraction of sp³-hybridized carbons (Fsp3) is 0.0769. The first-order valence-corrected chi connectivity index (χ1v) is 7.86. The molecule has 1 aromatic heterocycles. The van der Waals surface area contributed by atoms with Gasteiger partial charge >= 0.3 is 0 Å². The molecule has 0 bridgehead atoms. The summed E-state index contributed by atoms with van der Waals surface area (Å²) < 4.78 is 27.6. The maximum Gasteiger partial charge on any atom is 0.263 e. The molecule has 0 saturated carbocycles. The van der Waals surface area contributed by atoms with E-state index in [2.05, 4.69) is 25.6 Å². The van der Waals surface area contributed by atoms with Gasteiger partial charge < -0.3 is 0 Å². The molecule has 1 aromatic carbocycles. The quantitative estimate of drug-likeness (QED) is 0.921. The molecule has 0 fully saturated rings. The summed E-state index contributed by atoms with van der Waals surface area (Å²) in [6, 6.07) is 11.0. The average Bonchev–Trinajstić information content (AvgIpc) is 2.43. The van der Waals surface area contributed by atoms with Crippen LogP contribution >= 0.6 is 15.9 Å². The van der Waals surface area contributed by atoms with Crippen molar-refractivity contribution in [1.82, 2.24) is 4.98 Å². The second kappa shape index (κ2) is 5.61. The Morgan fingerprint density at radius 1 is 1.30 bits per heavy atom. The zero-order valence-electron chi connectivity index (χ0n) is 10.5. The van der Waals surface area contributed by atoms with Gasteiger partial charge in [0.15, 0.2) is 0 Å². The maximum absolute atomic E-state index is 12.2. The highest BCUT2D eigenvalue weighted by molar-refractivity contribution is 9.10. The number of anilines is 1. The summed E-state index contributed by atoms with van der Waals surface area (Å²) in [5.41, 5.74) is 0.962. The molecule has 20 heavy (non-hydrogen) atoms. The second-order valence-electron chi connectivity index (χ2n) is 4.01. The largest absolute Gasteiger partial charge is 0.263 e. The Balaban J connectivity index is 2.35. The highest BCUT2D eigenvalue weighted by atomic mass is 79.9. The maximum atomic E-state index is 12.2. The Morgan fingerprint density at radius 3 is 2.70 bits per heavy atom. The van der Waals surface area contributed by atoms with Crippen LogP contribution in [0.3, 0.4) is 0 Å². The first-order valence-electron chi connectivity index (χ1n) is 5.58. The first-order chi connectivity index (χ1) is 9.42. The Kier molecular flexibility index (Phi) is 4.06. The highest BCUT2D eigenvalue weighted by Gasteiger charge is 2.15. The lowest BCUT2D eigenvalue weighted by molar-refractivity contribution is 0.601. The SMILES string of the molecule is Cc1nc(NS(=O)(=O)c2cccc(C#N)c2)ccc1Br. The van der Waals surface area contributed by atoms with Gasteiger partial charge in [-0.3, -0.25) is 4.72 Å². The van der Waals surface area contributed by atoms with E-state index in [1.54, 1.807) is 25.1 Å². The number of hydrogen-bond donors (Lipinski definition) is 1. The number of sulfonamides is 1. The van der Waals surface area contributed by atoms with E-state index in [0.29, 0.717) is 5.69 Å². The molecule has 0 aliphatic carbocycles. The molecule has 5 nitrogen and oxygen atoms in total. The minimum atomic E-state index is -3.75. The third kappa shape index (κ3) is 3.15. The van der Waals surface area contributed by atoms with Crippen LogP contribution in [0.25, 0.3) is 0 Å². The molecule has 0 aliphatic rings. The average molecular weight is 352 g/mol. The topological polar surface area (TPSA) is 82.8 Å². The zero-order valence-corrected chi connectivity index (χ0v) is 12.9. The molecular formula is C13H10BrN3O2S. The van der Waals surface area contributed by atoms with Gasteiger partial charge in [-0.2, -0.15) is 5.26 Å². The van der Waals surface area contributed by atoms with Crippen LogP contribution in [0.15, 0.2) is 45.8 Å². The minimum absolute atomic E-state index is 0.0268. The van der Waals surface area contributed by atoms with Crippen LogP contribution in [0.1, 0.15) is 11.3 Å². The molecule has 0 amide bonds. The number of rotatable bonds is 3. The molecule has 0 radical (unpaired) electrons. The molecule has 7 heteroatoms. The van der Waals surface area contributed by atoms with Gasteiger partial charge in [0.2, 0.25) is 0 Å². The number of nitrogens with zero attached hydrogens (tertiary/aromatic N) is 2. The lowest BCUT2D eigenvalue weighted by Gasteiger charge is -2.08. The van der Waals surface area contributed by atoms with Crippen LogP contribution in [-0.4, -0.2) is 13.4 Å². The molecule has 0 spiro atoms. The zero-order chi connectivity index (χ0) is 14.8. The monoisotopic (exact) mass is 351 g/mol. The van der Waals surface area contributed by atoms with Crippen molar-refractivity contribution < 1.29 is 8.42 Å². The number of nitriles is 1. The smallest absolute Gasteiger partial charge is 0.263 e. The van der Waals surface area contributed by atoms with Crippen molar-refractivity contribution in [2.75, 3.05) is 4.72 Å². The molecule has 0 atom stereocenters. The Labute approximate surface area is 125 Å². The second-order valence-corrected chi connectivity index (χ2v) is 6.55. The number of pyridine rings is 1. The van der Waals surface area contributed by atoms with Gasteiger partial charge in [0.05, 0.1) is 22.2 Å². The van der Waals surface area contributed by atoms with E-state index in [-0.39, 0.29) is 16.3 Å². The number of nitrogens with one attached hydrogen (secondary N) is 1. The van der Waals surface area contributed by atoms with Crippen molar-refractivity contribution in [2.24, 2.45) is 0 Å². The number of halogens is 1. The molecule has 0 unspecified atom stereocenters. The lowest BCUT2D eigenvalue weighted by atomic mass is 10.2. The predicted molar refractivity (Wildman–Crippen MR) is 78.6 cm³/mol. The number of aryl methyl sites for hydroxylation is 1. The van der Waals surface area contributed by atoms with Gasteiger partial charge in [-0.15, -0.1) is 0 Å². The highest BCUT2D eigenvalue weighted by Crippen LogP contribution is 2.19. The third-order valence-corrected chi connectivity index (χ3v) is 4.72. The van der Waals surface area contributed by atoms with Crippen molar-refractivity contribution >= 4 is 31.8 Å². The van der Waals surface area contributed by atoms with Crippen molar-refractivity contribution in [3.05, 3.63) is 52.1 Å². The van der Waals surface area contributed by atoms with E-state index in [1.165, 1.54) is 18.2 Å². The molecule has 0 aliphatic heterocycles. The van der Waals surface area contributed by atoms with Gasteiger partial charge in [0.25, 0.3) is 10.0 Å². The fourth-order valence-corrected chi connectivity index (χ4v) is 2.80. The van der Waals surface area contributed by atoms with Crippen molar-refractivity contribution in [3.8, 4) is 6.07 Å². The van der Waals surface area contributed by atoms with Crippen LogP contribution in [-0.2, 0) is 10.0 Å². The molecule has 0 saturated heterocycles. The van der Waals surface area contributed by atoms with Crippen LogP contribution in [0, 0.1) is 18.3 Å². The minimum Gasteiger partial charge on any atom is -0.263 e. The van der Waals surface area contributed by atoms with Crippen LogP contribution < -0.4 is 4.72 Å². The van der Waals surface area contributed by atoms with E-state index in [1.807, 2.05) is 6.07 Å². The predicted octanol–water partition coefficient (Wildman–Crippen LogP) is 2.83. The summed E-state index contributed by atoms with van der Waals surface area (Å²) in [5.74, 6) is 0.230. The Bertz CT molecular complexity index is 798. The molecular weight excluding hydrogens is 342 g/mol. The summed E-state index contributed by atoms with van der Waals surface area (Å²) in [4.78, 5) is 4.15. The van der Waals surface area contributed by atoms with Crippen molar-refractivity contribution in [3.63, 3.8) is 0 Å². The van der Waals surface area contributed by atoms with E-state index in [9.17, 15) is 8.42 Å². The molecule has 2 aromatic rings. The van der Waals surface area contributed by atoms with E-state index in [4.69, 9.17) is 5.26 Å². The number of hydrogen-bond acceptors (Lipinski definition) is 4. The van der Waals surface area contributed by atoms with Crippen LogP contribution in [0.2, 0.25) is 0 Å². The Hall–Kier alpha value is -1.91. The van der Waals surface area contributed by atoms with Gasteiger partial charge in [0, 0.05) is 4.47 Å². The van der Waals surface area contributed by atoms with Crippen molar-refractivity contribution in [1.29, 1.82) is 5.26 Å². The van der Waals surface area contributed by atoms with Gasteiger partial charge in [-0.1, -0.05) is 6.07 Å².